The van der Waals surface area contributed by atoms with Crippen molar-refractivity contribution in [3.8, 4) is 0 Å². The van der Waals surface area contributed by atoms with Crippen molar-refractivity contribution in [2.45, 2.75) is 25.9 Å². The molecule has 23 heavy (non-hydrogen) atoms. The zero-order valence-electron chi connectivity index (χ0n) is 12.6. The van der Waals surface area contributed by atoms with Gasteiger partial charge in [0.05, 0.1) is 5.56 Å². The molecule has 0 saturated heterocycles. The number of anilines is 4. The number of hydrogen-bond donors (Lipinski definition) is 3. The minimum absolute atomic E-state index is 0.323. The van der Waals surface area contributed by atoms with Crippen molar-refractivity contribution < 1.29 is 13.2 Å². The van der Waals surface area contributed by atoms with Crippen LogP contribution >= 0.6 is 0 Å². The molecule has 1 aromatic carbocycles. The van der Waals surface area contributed by atoms with Crippen molar-refractivity contribution in [1.29, 1.82) is 0 Å². The topological polar surface area (TPSA) is 75.9 Å². The first-order valence-electron chi connectivity index (χ1n) is 7.20. The highest BCUT2D eigenvalue weighted by molar-refractivity contribution is 5.77. The Balaban J connectivity index is 2.12. The lowest BCUT2D eigenvalue weighted by atomic mass is 10.2. The molecule has 4 N–H and O–H groups in total. The van der Waals surface area contributed by atoms with Gasteiger partial charge in [-0.15, -0.1) is 0 Å². The van der Waals surface area contributed by atoms with Gasteiger partial charge in [-0.05, 0) is 30.7 Å². The molecule has 0 aliphatic carbocycles. The van der Waals surface area contributed by atoms with Gasteiger partial charge < -0.3 is 16.4 Å². The maximum Gasteiger partial charge on any atom is 0.416 e. The number of nitrogens with two attached hydrogens (primary N) is 1. The number of halogens is 3. The van der Waals surface area contributed by atoms with Gasteiger partial charge in [0.2, 0.25) is 0 Å². The quantitative estimate of drug-likeness (QED) is 0.699. The van der Waals surface area contributed by atoms with Gasteiger partial charge in [-0.3, -0.25) is 0 Å². The highest BCUT2D eigenvalue weighted by atomic mass is 19.4. The molecule has 0 aliphatic rings. The molecule has 0 amide bonds. The number of alkyl halides is 3. The van der Waals surface area contributed by atoms with E-state index in [-0.39, 0.29) is 0 Å². The van der Waals surface area contributed by atoms with Crippen molar-refractivity contribution in [3.63, 3.8) is 0 Å². The van der Waals surface area contributed by atoms with E-state index in [0.29, 0.717) is 23.0 Å². The molecule has 1 heterocycles. The SMILES string of the molecule is CCCCNc1ncnc(Nc2ccc(C(F)(F)F)cc2)c1N. The summed E-state index contributed by atoms with van der Waals surface area (Å²) < 4.78 is 37.6. The molecule has 0 aliphatic heterocycles. The smallest absolute Gasteiger partial charge is 0.393 e. The molecule has 2 aromatic rings. The fourth-order valence-electron chi connectivity index (χ4n) is 1.90. The van der Waals surface area contributed by atoms with Crippen molar-refractivity contribution in [3.05, 3.63) is 36.2 Å². The van der Waals surface area contributed by atoms with Crippen LogP contribution in [0.4, 0.5) is 36.2 Å². The average molecular weight is 325 g/mol. The maximum atomic E-state index is 12.5. The number of hydrogen-bond acceptors (Lipinski definition) is 5. The Morgan fingerprint density at radius 2 is 1.74 bits per heavy atom. The van der Waals surface area contributed by atoms with E-state index in [0.717, 1.165) is 31.5 Å². The summed E-state index contributed by atoms with van der Waals surface area (Å²) >= 11 is 0. The van der Waals surface area contributed by atoms with Crippen LogP contribution in [0.2, 0.25) is 0 Å². The molecule has 8 heteroatoms. The number of rotatable bonds is 6. The number of nitrogens with one attached hydrogen (secondary N) is 2. The lowest BCUT2D eigenvalue weighted by molar-refractivity contribution is -0.137. The normalized spacial score (nSPS) is 11.3. The molecule has 0 unspecified atom stereocenters. The van der Waals surface area contributed by atoms with Gasteiger partial charge in [0.15, 0.2) is 11.6 Å². The molecule has 0 saturated carbocycles. The van der Waals surface area contributed by atoms with E-state index < -0.39 is 11.7 Å². The van der Waals surface area contributed by atoms with Gasteiger partial charge in [0.1, 0.15) is 12.0 Å². The Bertz CT molecular complexity index is 641. The number of benzene rings is 1. The van der Waals surface area contributed by atoms with E-state index in [1.807, 2.05) is 0 Å². The summed E-state index contributed by atoms with van der Waals surface area (Å²) in [5, 5.41) is 6.00. The van der Waals surface area contributed by atoms with Crippen LogP contribution in [-0.2, 0) is 6.18 Å². The number of unbranched alkanes of at least 4 members (excludes halogenated alkanes) is 1. The Morgan fingerprint density at radius 1 is 1.09 bits per heavy atom. The van der Waals surface area contributed by atoms with Crippen LogP contribution in [-0.4, -0.2) is 16.5 Å². The standard InChI is InChI=1S/C15H18F3N5/c1-2-3-8-20-13-12(19)14(22-9-21-13)23-11-6-4-10(5-7-11)15(16,17)18/h4-7,9H,2-3,8,19H2,1H3,(H2,20,21,22,23). The number of nitrogen functional groups attached to an aromatic ring is 1. The lowest BCUT2D eigenvalue weighted by Crippen LogP contribution is -2.09. The molecular formula is C15H18F3N5. The van der Waals surface area contributed by atoms with E-state index in [2.05, 4.69) is 27.5 Å². The Morgan fingerprint density at radius 3 is 2.35 bits per heavy atom. The van der Waals surface area contributed by atoms with Crippen LogP contribution < -0.4 is 16.4 Å². The van der Waals surface area contributed by atoms with Gasteiger partial charge in [0.25, 0.3) is 0 Å². The fourth-order valence-corrected chi connectivity index (χ4v) is 1.90. The Hall–Kier alpha value is -2.51. The summed E-state index contributed by atoms with van der Waals surface area (Å²) in [4.78, 5) is 8.09. The van der Waals surface area contributed by atoms with Crippen molar-refractivity contribution in [1.82, 2.24) is 9.97 Å². The summed E-state index contributed by atoms with van der Waals surface area (Å²) in [7, 11) is 0. The van der Waals surface area contributed by atoms with Crippen LogP contribution in [0.5, 0.6) is 0 Å². The third kappa shape index (κ3) is 4.48. The van der Waals surface area contributed by atoms with Gasteiger partial charge >= 0.3 is 6.18 Å². The van der Waals surface area contributed by atoms with Gasteiger partial charge in [-0.1, -0.05) is 13.3 Å². The molecule has 124 valence electrons. The lowest BCUT2D eigenvalue weighted by Gasteiger charge is -2.13. The monoisotopic (exact) mass is 325 g/mol. The summed E-state index contributed by atoms with van der Waals surface area (Å²) in [6, 6.07) is 4.66. The number of nitrogens with zero attached hydrogens (tertiary/aromatic N) is 2. The maximum absolute atomic E-state index is 12.5. The second-order valence-corrected chi connectivity index (χ2v) is 4.96. The average Bonchev–Trinajstić information content (AvgIpc) is 2.51. The van der Waals surface area contributed by atoms with Crippen LogP contribution in [0.15, 0.2) is 30.6 Å². The second kappa shape index (κ2) is 7.17. The highest BCUT2D eigenvalue weighted by Gasteiger charge is 2.29. The van der Waals surface area contributed by atoms with Gasteiger partial charge in [-0.25, -0.2) is 9.97 Å². The second-order valence-electron chi connectivity index (χ2n) is 4.96. The highest BCUT2D eigenvalue weighted by Crippen LogP contribution is 2.31. The van der Waals surface area contributed by atoms with Crippen molar-refractivity contribution >= 4 is 23.0 Å². The predicted octanol–water partition coefficient (Wildman–Crippen LogP) is 4.03. The predicted molar refractivity (Wildman–Crippen MR) is 84.6 cm³/mol. The van der Waals surface area contributed by atoms with Crippen LogP contribution in [0.25, 0.3) is 0 Å². The molecule has 1 aromatic heterocycles. The van der Waals surface area contributed by atoms with E-state index >= 15 is 0 Å². The minimum atomic E-state index is -4.36. The van der Waals surface area contributed by atoms with Crippen molar-refractivity contribution in [2.75, 3.05) is 22.9 Å². The Labute approximate surface area is 132 Å². The molecule has 2 rings (SSSR count). The van der Waals surface area contributed by atoms with E-state index in [1.165, 1.54) is 18.5 Å². The largest absolute Gasteiger partial charge is 0.416 e. The first-order valence-corrected chi connectivity index (χ1v) is 7.20. The molecule has 5 nitrogen and oxygen atoms in total. The molecule has 0 radical (unpaired) electrons. The van der Waals surface area contributed by atoms with E-state index in [1.54, 1.807) is 0 Å². The van der Waals surface area contributed by atoms with E-state index in [4.69, 9.17) is 5.73 Å². The Kier molecular flexibility index (Phi) is 5.25. The van der Waals surface area contributed by atoms with E-state index in [9.17, 15) is 13.2 Å². The van der Waals surface area contributed by atoms with Gasteiger partial charge in [-0.2, -0.15) is 13.2 Å². The zero-order chi connectivity index (χ0) is 16.9. The summed E-state index contributed by atoms with van der Waals surface area (Å²) in [5.74, 6) is 0.849. The molecule has 0 atom stereocenters. The van der Waals surface area contributed by atoms with Gasteiger partial charge in [0, 0.05) is 12.2 Å². The van der Waals surface area contributed by atoms with Crippen molar-refractivity contribution in [2.24, 2.45) is 0 Å². The fraction of sp³-hybridized carbons (Fsp3) is 0.333. The first kappa shape index (κ1) is 16.9. The molecular weight excluding hydrogens is 307 g/mol. The third-order valence-corrected chi connectivity index (χ3v) is 3.18. The molecule has 0 fully saturated rings. The third-order valence-electron chi connectivity index (χ3n) is 3.18. The summed E-state index contributed by atoms with van der Waals surface area (Å²) in [6.07, 6.45) is -1.00. The zero-order valence-corrected chi connectivity index (χ0v) is 12.6. The van der Waals surface area contributed by atoms with Crippen LogP contribution in [0.1, 0.15) is 25.3 Å². The molecule has 0 spiro atoms. The minimum Gasteiger partial charge on any atom is -0.393 e. The van der Waals surface area contributed by atoms with Crippen LogP contribution in [0.3, 0.4) is 0 Å². The first-order chi connectivity index (χ1) is 10.9. The summed E-state index contributed by atoms with van der Waals surface area (Å²) in [5.41, 5.74) is 6.06. The molecule has 0 bridgehead atoms. The summed E-state index contributed by atoms with van der Waals surface area (Å²) in [6.45, 7) is 2.81. The van der Waals surface area contributed by atoms with Crippen LogP contribution in [0, 0.1) is 0 Å². The number of aromatic nitrogens is 2.